The van der Waals surface area contributed by atoms with E-state index >= 15 is 0 Å². The smallest absolute Gasteiger partial charge is 0.406 e. The lowest BCUT2D eigenvalue weighted by molar-refractivity contribution is -0.274. The lowest BCUT2D eigenvalue weighted by Gasteiger charge is -2.17. The van der Waals surface area contributed by atoms with Crippen molar-refractivity contribution in [3.05, 3.63) is 29.8 Å². The number of nitrogens with zero attached hydrogens (tertiary/aromatic N) is 1. The van der Waals surface area contributed by atoms with Gasteiger partial charge in [-0.25, -0.2) is 0 Å². The summed E-state index contributed by atoms with van der Waals surface area (Å²) in [6.07, 6.45) is -3.92. The van der Waals surface area contributed by atoms with Crippen molar-refractivity contribution in [3.63, 3.8) is 0 Å². The molecule has 1 aromatic carbocycles. The van der Waals surface area contributed by atoms with Crippen molar-refractivity contribution in [3.8, 4) is 5.75 Å². The summed E-state index contributed by atoms with van der Waals surface area (Å²) < 4.78 is 45.2. The van der Waals surface area contributed by atoms with Crippen LogP contribution >= 0.6 is 0 Å². The van der Waals surface area contributed by atoms with E-state index in [0.717, 1.165) is 0 Å². The van der Waals surface area contributed by atoms with Crippen LogP contribution < -0.4 is 10.1 Å². The van der Waals surface area contributed by atoms with Gasteiger partial charge in [0.15, 0.2) is 0 Å². The summed E-state index contributed by atoms with van der Waals surface area (Å²) in [5.41, 5.74) is 0.661. The maximum atomic E-state index is 12.2. The molecular weight excluding hydrogens is 353 g/mol. The molecule has 0 bridgehead atoms. The van der Waals surface area contributed by atoms with E-state index in [1.807, 2.05) is 0 Å². The third-order valence-electron chi connectivity index (χ3n) is 3.94. The van der Waals surface area contributed by atoms with Gasteiger partial charge in [0.05, 0.1) is 5.92 Å². The van der Waals surface area contributed by atoms with Crippen LogP contribution in [0.15, 0.2) is 24.3 Å². The maximum Gasteiger partial charge on any atom is 0.573 e. The number of carbonyl (C=O) groups excluding carboxylic acids is 2. The number of carbonyl (C=O) groups is 2. The first kappa shape index (κ1) is 20.0. The van der Waals surface area contributed by atoms with E-state index in [1.165, 1.54) is 29.2 Å². The fraction of sp³-hybridized carbons (Fsp3) is 0.529. The molecule has 144 valence electrons. The molecule has 0 aliphatic carbocycles. The van der Waals surface area contributed by atoms with Crippen molar-refractivity contribution in [2.45, 2.75) is 25.7 Å². The van der Waals surface area contributed by atoms with Gasteiger partial charge in [0.2, 0.25) is 11.8 Å². The number of hydrogen-bond acceptors (Lipinski definition) is 4. The molecule has 2 rings (SSSR count). The molecule has 1 unspecified atom stereocenters. The molecule has 1 heterocycles. The van der Waals surface area contributed by atoms with Crippen LogP contribution in [0.1, 0.15) is 18.4 Å². The number of ether oxygens (including phenoxy) is 2. The first-order valence-electron chi connectivity index (χ1n) is 8.17. The van der Waals surface area contributed by atoms with E-state index in [9.17, 15) is 22.8 Å². The van der Waals surface area contributed by atoms with Crippen LogP contribution in [0.3, 0.4) is 0 Å². The van der Waals surface area contributed by atoms with Crippen LogP contribution in [0, 0.1) is 5.92 Å². The highest BCUT2D eigenvalue weighted by Gasteiger charge is 2.34. The molecule has 6 nitrogen and oxygen atoms in total. The van der Waals surface area contributed by atoms with Gasteiger partial charge in [-0.1, -0.05) is 12.1 Å². The van der Waals surface area contributed by atoms with Crippen molar-refractivity contribution in [2.24, 2.45) is 5.92 Å². The molecule has 1 N–H and O–H groups in total. The molecule has 0 saturated carbocycles. The van der Waals surface area contributed by atoms with Gasteiger partial charge in [-0.2, -0.15) is 0 Å². The number of hydrogen-bond donors (Lipinski definition) is 1. The number of rotatable bonds is 8. The monoisotopic (exact) mass is 374 g/mol. The van der Waals surface area contributed by atoms with Crippen LogP contribution in [0.4, 0.5) is 13.2 Å². The highest BCUT2D eigenvalue weighted by atomic mass is 19.4. The summed E-state index contributed by atoms with van der Waals surface area (Å²) in [5, 5.41) is 2.77. The summed E-state index contributed by atoms with van der Waals surface area (Å²) >= 11 is 0. The third kappa shape index (κ3) is 6.21. The fourth-order valence-corrected chi connectivity index (χ4v) is 2.69. The van der Waals surface area contributed by atoms with E-state index in [4.69, 9.17) is 4.74 Å². The molecule has 0 aromatic heterocycles. The van der Waals surface area contributed by atoms with E-state index in [-0.39, 0.29) is 37.1 Å². The van der Waals surface area contributed by atoms with E-state index in [1.54, 1.807) is 7.11 Å². The highest BCUT2D eigenvalue weighted by Crippen LogP contribution is 2.24. The SMILES string of the molecule is COCCCNC(=O)C1CC(=O)N(Cc2ccc(OC(F)(F)F)cc2)C1. The van der Waals surface area contributed by atoms with Gasteiger partial charge < -0.3 is 19.7 Å². The molecule has 9 heteroatoms. The second kappa shape index (κ2) is 8.88. The zero-order valence-electron chi connectivity index (χ0n) is 14.3. The Morgan fingerprint density at radius 1 is 1.31 bits per heavy atom. The summed E-state index contributed by atoms with van der Waals surface area (Å²) in [6.45, 7) is 1.55. The number of likely N-dealkylation sites (tertiary alicyclic amines) is 1. The van der Waals surface area contributed by atoms with Gasteiger partial charge in [-0.3, -0.25) is 9.59 Å². The molecule has 1 saturated heterocycles. The molecular formula is C17H21F3N2O4. The number of amides is 2. The van der Waals surface area contributed by atoms with Crippen LogP contribution in [0.2, 0.25) is 0 Å². The van der Waals surface area contributed by atoms with Gasteiger partial charge in [-0.05, 0) is 24.1 Å². The normalized spacial score (nSPS) is 17.5. The Kier molecular flexibility index (Phi) is 6.84. The average Bonchev–Trinajstić information content (AvgIpc) is 2.93. The van der Waals surface area contributed by atoms with Gasteiger partial charge in [-0.15, -0.1) is 13.2 Å². The average molecular weight is 374 g/mol. The minimum Gasteiger partial charge on any atom is -0.406 e. The zero-order chi connectivity index (χ0) is 19.2. The summed E-state index contributed by atoms with van der Waals surface area (Å²) in [5.74, 6) is -1.07. The quantitative estimate of drug-likeness (QED) is 0.708. The first-order chi connectivity index (χ1) is 12.3. The molecule has 1 aliphatic rings. The second-order valence-corrected chi connectivity index (χ2v) is 6.00. The maximum absolute atomic E-state index is 12.2. The Bertz CT molecular complexity index is 619. The Balaban J connectivity index is 1.84. The second-order valence-electron chi connectivity index (χ2n) is 6.00. The molecule has 0 spiro atoms. The molecule has 1 atom stereocenters. The van der Waals surface area contributed by atoms with E-state index < -0.39 is 12.3 Å². The van der Waals surface area contributed by atoms with Crippen molar-refractivity contribution in [2.75, 3.05) is 26.8 Å². The van der Waals surface area contributed by atoms with Crippen molar-refractivity contribution >= 4 is 11.8 Å². The summed E-state index contributed by atoms with van der Waals surface area (Å²) in [6, 6.07) is 5.33. The van der Waals surface area contributed by atoms with Crippen LogP contribution in [0.5, 0.6) is 5.75 Å². The minimum atomic E-state index is -4.74. The fourth-order valence-electron chi connectivity index (χ4n) is 2.69. The number of halogens is 3. The van der Waals surface area contributed by atoms with Gasteiger partial charge in [0, 0.05) is 39.8 Å². The topological polar surface area (TPSA) is 67.9 Å². The standard InChI is InChI=1S/C17H21F3N2O4/c1-25-8-2-7-21-16(24)13-9-15(23)22(11-13)10-12-3-5-14(6-4-12)26-17(18,19)20/h3-6,13H,2,7-11H2,1H3,(H,21,24). The minimum absolute atomic E-state index is 0.130. The zero-order valence-corrected chi connectivity index (χ0v) is 14.3. The molecule has 1 fully saturated rings. The summed E-state index contributed by atoms with van der Waals surface area (Å²) in [4.78, 5) is 25.7. The Morgan fingerprint density at radius 3 is 2.62 bits per heavy atom. The molecule has 1 aromatic rings. The Labute approximate surface area is 149 Å². The third-order valence-corrected chi connectivity index (χ3v) is 3.94. The highest BCUT2D eigenvalue weighted by molar-refractivity contribution is 5.89. The van der Waals surface area contributed by atoms with Crippen molar-refractivity contribution in [1.82, 2.24) is 10.2 Å². The molecule has 26 heavy (non-hydrogen) atoms. The first-order valence-corrected chi connectivity index (χ1v) is 8.17. The lowest BCUT2D eigenvalue weighted by Crippen LogP contribution is -2.33. The Hall–Kier alpha value is -2.29. The van der Waals surface area contributed by atoms with Gasteiger partial charge in [0.1, 0.15) is 5.75 Å². The van der Waals surface area contributed by atoms with E-state index in [2.05, 4.69) is 10.1 Å². The Morgan fingerprint density at radius 2 is 2.00 bits per heavy atom. The lowest BCUT2D eigenvalue weighted by atomic mass is 10.1. The van der Waals surface area contributed by atoms with Crippen LogP contribution in [-0.4, -0.2) is 49.9 Å². The number of methoxy groups -OCH3 is 1. The van der Waals surface area contributed by atoms with Crippen LogP contribution in [-0.2, 0) is 20.9 Å². The van der Waals surface area contributed by atoms with Crippen LogP contribution in [0.25, 0.3) is 0 Å². The van der Waals surface area contributed by atoms with Crippen molar-refractivity contribution in [1.29, 1.82) is 0 Å². The predicted molar refractivity (Wildman–Crippen MR) is 86.2 cm³/mol. The molecule has 1 aliphatic heterocycles. The molecule has 2 amide bonds. The van der Waals surface area contributed by atoms with Crippen molar-refractivity contribution < 1.29 is 32.2 Å². The number of benzene rings is 1. The number of nitrogens with one attached hydrogen (secondary N) is 1. The van der Waals surface area contributed by atoms with Gasteiger partial charge in [0.25, 0.3) is 0 Å². The number of alkyl halides is 3. The van der Waals surface area contributed by atoms with Gasteiger partial charge >= 0.3 is 6.36 Å². The largest absolute Gasteiger partial charge is 0.573 e. The summed E-state index contributed by atoms with van der Waals surface area (Å²) in [7, 11) is 1.58. The predicted octanol–water partition coefficient (Wildman–Crippen LogP) is 2.09. The molecule has 0 radical (unpaired) electrons. The van der Waals surface area contributed by atoms with E-state index in [0.29, 0.717) is 25.1 Å².